The van der Waals surface area contributed by atoms with E-state index in [9.17, 15) is 4.79 Å². The van der Waals surface area contributed by atoms with Crippen molar-refractivity contribution >= 4 is 5.91 Å². The molecule has 1 aromatic rings. The van der Waals surface area contributed by atoms with Crippen molar-refractivity contribution in [2.45, 2.75) is 45.6 Å². The van der Waals surface area contributed by atoms with E-state index in [4.69, 9.17) is 4.42 Å². The zero-order valence-electron chi connectivity index (χ0n) is 12.3. The average Bonchev–Trinajstić information content (AvgIpc) is 3.03. The van der Waals surface area contributed by atoms with Crippen LogP contribution in [0.15, 0.2) is 16.5 Å². The summed E-state index contributed by atoms with van der Waals surface area (Å²) in [4.78, 5) is 14.5. The molecule has 0 saturated carbocycles. The smallest absolute Gasteiger partial charge is 0.227 e. The second-order valence-corrected chi connectivity index (χ2v) is 6.22. The normalized spacial score (nSPS) is 27.1. The van der Waals surface area contributed by atoms with Gasteiger partial charge >= 0.3 is 0 Å². The first kappa shape index (κ1) is 13.7. The van der Waals surface area contributed by atoms with Crippen LogP contribution in [0.25, 0.3) is 0 Å². The minimum atomic E-state index is -0.128. The first-order valence-electron chi connectivity index (χ1n) is 7.80. The van der Waals surface area contributed by atoms with Crippen molar-refractivity contribution in [1.29, 1.82) is 0 Å². The number of furan rings is 1. The summed E-state index contributed by atoms with van der Waals surface area (Å²) in [5.41, 5.74) is -0.128. The number of nitrogens with zero attached hydrogens (tertiary/aromatic N) is 1. The number of amides is 1. The Hall–Kier alpha value is -1.29. The van der Waals surface area contributed by atoms with Crippen LogP contribution in [0.4, 0.5) is 0 Å². The topological polar surface area (TPSA) is 45.5 Å². The third kappa shape index (κ3) is 2.62. The number of nitrogens with one attached hydrogen (secondary N) is 1. The molecule has 2 aliphatic rings. The highest BCUT2D eigenvalue weighted by atomic mass is 16.3. The van der Waals surface area contributed by atoms with Crippen LogP contribution in [0, 0.1) is 5.41 Å². The van der Waals surface area contributed by atoms with Gasteiger partial charge in [0.05, 0.1) is 12.0 Å². The van der Waals surface area contributed by atoms with Gasteiger partial charge in [0.15, 0.2) is 0 Å². The maximum Gasteiger partial charge on any atom is 0.227 e. The zero-order valence-corrected chi connectivity index (χ0v) is 12.3. The number of likely N-dealkylation sites (tertiary alicyclic amines) is 1. The van der Waals surface area contributed by atoms with E-state index in [1.165, 1.54) is 0 Å². The van der Waals surface area contributed by atoms with Crippen LogP contribution in [-0.4, -0.2) is 30.4 Å². The Morgan fingerprint density at radius 3 is 3.00 bits per heavy atom. The lowest BCUT2D eigenvalue weighted by Gasteiger charge is -2.32. The van der Waals surface area contributed by atoms with E-state index in [2.05, 4.69) is 29.3 Å². The van der Waals surface area contributed by atoms with Crippen LogP contribution in [0.1, 0.15) is 44.1 Å². The molecule has 110 valence electrons. The van der Waals surface area contributed by atoms with Crippen LogP contribution >= 0.6 is 0 Å². The fraction of sp³-hybridized carbons (Fsp3) is 0.688. The lowest BCUT2D eigenvalue weighted by Crippen LogP contribution is -2.47. The highest BCUT2D eigenvalue weighted by Crippen LogP contribution is 2.37. The van der Waals surface area contributed by atoms with Crippen molar-refractivity contribution in [3.8, 4) is 0 Å². The van der Waals surface area contributed by atoms with Crippen molar-refractivity contribution < 1.29 is 9.21 Å². The van der Waals surface area contributed by atoms with Gasteiger partial charge in [-0.2, -0.15) is 0 Å². The second kappa shape index (κ2) is 5.60. The molecule has 1 amide bonds. The molecular weight excluding hydrogens is 252 g/mol. The molecule has 20 heavy (non-hydrogen) atoms. The highest BCUT2D eigenvalue weighted by molar-refractivity contribution is 5.83. The largest absolute Gasteiger partial charge is 0.465 e. The summed E-state index contributed by atoms with van der Waals surface area (Å²) in [6.07, 6.45) is 5.25. The van der Waals surface area contributed by atoms with Crippen molar-refractivity contribution in [3.05, 3.63) is 23.7 Å². The molecule has 1 aromatic heterocycles. The Balaban J connectivity index is 1.60. The Kier molecular flexibility index (Phi) is 3.83. The molecule has 0 radical (unpaired) electrons. The molecule has 0 aromatic carbocycles. The zero-order chi connectivity index (χ0) is 14.0. The molecule has 3 heterocycles. The summed E-state index contributed by atoms with van der Waals surface area (Å²) in [7, 11) is 0. The summed E-state index contributed by atoms with van der Waals surface area (Å²) in [6, 6.07) is 4.16. The standard InChI is InChI=1S/C16H24N2O2/c1-2-4-13-5-6-14(20-13)11-18-10-8-16(12-18)7-3-9-17-15(16)19/h5-6H,2-4,7-12H2,1H3,(H,17,19)/t16-/m0/s1. The summed E-state index contributed by atoms with van der Waals surface area (Å²) < 4.78 is 5.85. The van der Waals surface area contributed by atoms with E-state index in [1.807, 2.05) is 0 Å². The average molecular weight is 276 g/mol. The predicted molar refractivity (Wildman–Crippen MR) is 77.3 cm³/mol. The van der Waals surface area contributed by atoms with Gasteiger partial charge in [0.25, 0.3) is 0 Å². The number of hydrogen-bond donors (Lipinski definition) is 1. The summed E-state index contributed by atoms with van der Waals surface area (Å²) in [5.74, 6) is 2.37. The van der Waals surface area contributed by atoms with Gasteiger partial charge in [-0.05, 0) is 44.4 Å². The molecule has 4 nitrogen and oxygen atoms in total. The number of carbonyl (C=O) groups is 1. The predicted octanol–water partition coefficient (Wildman–Crippen LogP) is 2.33. The third-order valence-corrected chi connectivity index (χ3v) is 4.63. The Morgan fingerprint density at radius 2 is 2.20 bits per heavy atom. The Labute approximate surface area is 120 Å². The van der Waals surface area contributed by atoms with Gasteiger partial charge in [0.2, 0.25) is 5.91 Å². The van der Waals surface area contributed by atoms with Gasteiger partial charge < -0.3 is 9.73 Å². The maximum atomic E-state index is 12.1. The first-order valence-corrected chi connectivity index (χ1v) is 7.80. The number of rotatable bonds is 4. The van der Waals surface area contributed by atoms with Crippen LogP contribution in [-0.2, 0) is 17.8 Å². The van der Waals surface area contributed by atoms with Crippen molar-refractivity contribution in [2.24, 2.45) is 5.41 Å². The number of piperidine rings is 1. The molecule has 1 atom stereocenters. The van der Waals surface area contributed by atoms with Gasteiger partial charge in [-0.15, -0.1) is 0 Å². The van der Waals surface area contributed by atoms with E-state index in [0.29, 0.717) is 0 Å². The van der Waals surface area contributed by atoms with E-state index in [0.717, 1.165) is 69.8 Å². The third-order valence-electron chi connectivity index (χ3n) is 4.63. The van der Waals surface area contributed by atoms with Gasteiger partial charge in [0.1, 0.15) is 11.5 Å². The minimum Gasteiger partial charge on any atom is -0.465 e. The molecule has 2 fully saturated rings. The van der Waals surface area contributed by atoms with Crippen LogP contribution in [0.2, 0.25) is 0 Å². The Morgan fingerprint density at radius 1 is 1.35 bits per heavy atom. The molecule has 1 N–H and O–H groups in total. The Bertz CT molecular complexity index is 483. The molecular formula is C16H24N2O2. The van der Waals surface area contributed by atoms with E-state index in [1.54, 1.807) is 0 Å². The van der Waals surface area contributed by atoms with Crippen molar-refractivity contribution in [2.75, 3.05) is 19.6 Å². The number of aryl methyl sites for hydroxylation is 1. The SMILES string of the molecule is CCCc1ccc(CN2CC[C@@]3(CCCNC3=O)C2)o1. The van der Waals surface area contributed by atoms with Crippen molar-refractivity contribution in [3.63, 3.8) is 0 Å². The lowest BCUT2D eigenvalue weighted by molar-refractivity contribution is -0.132. The lowest BCUT2D eigenvalue weighted by atomic mass is 9.79. The molecule has 1 spiro atoms. The molecule has 4 heteroatoms. The van der Waals surface area contributed by atoms with E-state index < -0.39 is 0 Å². The van der Waals surface area contributed by atoms with E-state index >= 15 is 0 Å². The van der Waals surface area contributed by atoms with Gasteiger partial charge in [0, 0.05) is 19.5 Å². The molecule has 0 bridgehead atoms. The van der Waals surface area contributed by atoms with Gasteiger partial charge in [-0.25, -0.2) is 0 Å². The summed E-state index contributed by atoms with van der Waals surface area (Å²) in [5, 5.41) is 3.03. The van der Waals surface area contributed by atoms with E-state index in [-0.39, 0.29) is 11.3 Å². The number of carbonyl (C=O) groups excluding carboxylic acids is 1. The number of hydrogen-bond acceptors (Lipinski definition) is 3. The fourth-order valence-corrected chi connectivity index (χ4v) is 3.52. The molecule has 2 saturated heterocycles. The minimum absolute atomic E-state index is 0.128. The first-order chi connectivity index (χ1) is 9.72. The van der Waals surface area contributed by atoms with Gasteiger partial charge in [-0.1, -0.05) is 6.92 Å². The highest BCUT2D eigenvalue weighted by Gasteiger charge is 2.45. The van der Waals surface area contributed by atoms with Gasteiger partial charge in [-0.3, -0.25) is 9.69 Å². The van der Waals surface area contributed by atoms with Crippen LogP contribution < -0.4 is 5.32 Å². The monoisotopic (exact) mass is 276 g/mol. The molecule has 2 aliphatic heterocycles. The summed E-state index contributed by atoms with van der Waals surface area (Å²) in [6.45, 7) is 5.71. The second-order valence-electron chi connectivity index (χ2n) is 6.22. The van der Waals surface area contributed by atoms with Crippen molar-refractivity contribution in [1.82, 2.24) is 10.2 Å². The van der Waals surface area contributed by atoms with Crippen LogP contribution in [0.3, 0.4) is 0 Å². The summed E-state index contributed by atoms with van der Waals surface area (Å²) >= 11 is 0. The quantitative estimate of drug-likeness (QED) is 0.918. The molecule has 0 unspecified atom stereocenters. The molecule has 0 aliphatic carbocycles. The maximum absolute atomic E-state index is 12.1. The molecule has 3 rings (SSSR count). The fourth-order valence-electron chi connectivity index (χ4n) is 3.52. The van der Waals surface area contributed by atoms with Crippen LogP contribution in [0.5, 0.6) is 0 Å².